The van der Waals surface area contributed by atoms with Gasteiger partial charge >= 0.3 is 0 Å². The molecule has 122 valence electrons. The molecule has 24 heavy (non-hydrogen) atoms. The summed E-state index contributed by atoms with van der Waals surface area (Å²) in [5, 5.41) is 11.0. The van der Waals surface area contributed by atoms with E-state index in [9.17, 15) is 4.79 Å². The topological polar surface area (TPSA) is 68.0 Å². The SMILES string of the molecule is Cc1nnc(C(Cc2ccccc2)NC(=O)c2ccccc2C)o1. The predicted octanol–water partition coefficient (Wildman–Crippen LogP) is 3.40. The van der Waals surface area contributed by atoms with Crippen molar-refractivity contribution in [3.63, 3.8) is 0 Å². The summed E-state index contributed by atoms with van der Waals surface area (Å²) in [6.07, 6.45) is 0.583. The normalized spacial score (nSPS) is 11.9. The van der Waals surface area contributed by atoms with E-state index in [0.717, 1.165) is 11.1 Å². The lowest BCUT2D eigenvalue weighted by Gasteiger charge is -2.16. The molecule has 0 fully saturated rings. The van der Waals surface area contributed by atoms with Crippen molar-refractivity contribution in [2.75, 3.05) is 0 Å². The number of carbonyl (C=O) groups excluding carboxylic acids is 1. The first kappa shape index (κ1) is 15.9. The lowest BCUT2D eigenvalue weighted by atomic mass is 10.0. The largest absolute Gasteiger partial charge is 0.423 e. The van der Waals surface area contributed by atoms with Gasteiger partial charge in [0.2, 0.25) is 11.8 Å². The van der Waals surface area contributed by atoms with Crippen LogP contribution in [0.15, 0.2) is 59.0 Å². The Morgan fingerprint density at radius 1 is 1.04 bits per heavy atom. The number of aromatic nitrogens is 2. The van der Waals surface area contributed by atoms with Crippen LogP contribution in [0.2, 0.25) is 0 Å². The summed E-state index contributed by atoms with van der Waals surface area (Å²) in [5.74, 6) is 0.747. The van der Waals surface area contributed by atoms with Crippen LogP contribution in [0, 0.1) is 13.8 Å². The number of nitrogens with zero attached hydrogens (tertiary/aromatic N) is 2. The molecule has 0 aliphatic rings. The number of rotatable bonds is 5. The summed E-state index contributed by atoms with van der Waals surface area (Å²) in [5.41, 5.74) is 2.66. The van der Waals surface area contributed by atoms with E-state index < -0.39 is 0 Å². The Bertz CT molecular complexity index is 827. The van der Waals surface area contributed by atoms with Gasteiger partial charge < -0.3 is 9.73 Å². The molecule has 0 radical (unpaired) electrons. The molecular formula is C19H19N3O2. The third-order valence-electron chi connectivity index (χ3n) is 3.82. The summed E-state index contributed by atoms with van der Waals surface area (Å²) in [6, 6.07) is 17.0. The van der Waals surface area contributed by atoms with Crippen LogP contribution in [0.1, 0.15) is 39.3 Å². The Hall–Kier alpha value is -2.95. The van der Waals surface area contributed by atoms with E-state index in [1.54, 1.807) is 6.92 Å². The summed E-state index contributed by atoms with van der Waals surface area (Å²) >= 11 is 0. The minimum atomic E-state index is -0.374. The molecule has 0 saturated heterocycles. The number of hydrogen-bond acceptors (Lipinski definition) is 4. The lowest BCUT2D eigenvalue weighted by molar-refractivity contribution is 0.0929. The van der Waals surface area contributed by atoms with Crippen LogP contribution in [0.5, 0.6) is 0 Å². The van der Waals surface area contributed by atoms with Crippen molar-refractivity contribution in [2.24, 2.45) is 0 Å². The van der Waals surface area contributed by atoms with Gasteiger partial charge in [0.15, 0.2) is 0 Å². The third-order valence-corrected chi connectivity index (χ3v) is 3.82. The molecule has 5 heteroatoms. The van der Waals surface area contributed by atoms with Gasteiger partial charge in [0, 0.05) is 18.9 Å². The van der Waals surface area contributed by atoms with E-state index in [-0.39, 0.29) is 11.9 Å². The molecule has 1 amide bonds. The predicted molar refractivity (Wildman–Crippen MR) is 90.6 cm³/mol. The highest BCUT2D eigenvalue weighted by Crippen LogP contribution is 2.19. The number of hydrogen-bond donors (Lipinski definition) is 1. The first-order valence-corrected chi connectivity index (χ1v) is 7.84. The minimum absolute atomic E-state index is 0.148. The van der Waals surface area contributed by atoms with Gasteiger partial charge in [-0.1, -0.05) is 48.5 Å². The third kappa shape index (κ3) is 3.68. The second-order valence-corrected chi connectivity index (χ2v) is 5.69. The number of nitrogens with one attached hydrogen (secondary N) is 1. The Morgan fingerprint density at radius 3 is 2.42 bits per heavy atom. The monoisotopic (exact) mass is 321 g/mol. The number of benzene rings is 2. The first-order chi connectivity index (χ1) is 11.6. The molecular weight excluding hydrogens is 302 g/mol. The Morgan fingerprint density at radius 2 is 1.75 bits per heavy atom. The standard InChI is InChI=1S/C19H19N3O2/c1-13-8-6-7-11-16(13)18(23)20-17(19-22-21-14(2)24-19)12-15-9-4-3-5-10-15/h3-11,17H,12H2,1-2H3,(H,20,23). The van der Waals surface area contributed by atoms with Crippen molar-refractivity contribution >= 4 is 5.91 Å². The molecule has 1 unspecified atom stereocenters. The number of amides is 1. The fourth-order valence-electron chi connectivity index (χ4n) is 2.57. The molecule has 1 heterocycles. The van der Waals surface area contributed by atoms with Crippen LogP contribution in [0.3, 0.4) is 0 Å². The fourth-order valence-corrected chi connectivity index (χ4v) is 2.57. The lowest BCUT2D eigenvalue weighted by Crippen LogP contribution is -2.30. The summed E-state index contributed by atoms with van der Waals surface area (Å²) in [7, 11) is 0. The van der Waals surface area contributed by atoms with Crippen molar-refractivity contribution in [1.29, 1.82) is 0 Å². The van der Waals surface area contributed by atoms with Gasteiger partial charge in [-0.05, 0) is 24.1 Å². The minimum Gasteiger partial charge on any atom is -0.423 e. The summed E-state index contributed by atoms with van der Waals surface area (Å²) < 4.78 is 5.55. The van der Waals surface area contributed by atoms with E-state index in [1.165, 1.54) is 0 Å². The van der Waals surface area contributed by atoms with Gasteiger partial charge in [0.1, 0.15) is 6.04 Å². The number of carbonyl (C=O) groups is 1. The highest BCUT2D eigenvalue weighted by atomic mass is 16.4. The molecule has 0 aliphatic heterocycles. The zero-order chi connectivity index (χ0) is 16.9. The van der Waals surface area contributed by atoms with E-state index in [1.807, 2.05) is 61.5 Å². The molecule has 1 N–H and O–H groups in total. The molecule has 2 aromatic carbocycles. The molecule has 0 bridgehead atoms. The Balaban J connectivity index is 1.85. The molecule has 3 aromatic rings. The van der Waals surface area contributed by atoms with Crippen LogP contribution >= 0.6 is 0 Å². The highest BCUT2D eigenvalue weighted by Gasteiger charge is 2.22. The van der Waals surface area contributed by atoms with Crippen molar-refractivity contribution in [3.05, 3.63) is 83.1 Å². The zero-order valence-corrected chi connectivity index (χ0v) is 13.7. The van der Waals surface area contributed by atoms with Gasteiger partial charge in [-0.15, -0.1) is 10.2 Å². The van der Waals surface area contributed by atoms with Crippen LogP contribution in [0.4, 0.5) is 0 Å². The second-order valence-electron chi connectivity index (χ2n) is 5.69. The summed E-state index contributed by atoms with van der Waals surface area (Å²) in [4.78, 5) is 12.6. The van der Waals surface area contributed by atoms with E-state index in [4.69, 9.17) is 4.42 Å². The van der Waals surface area contributed by atoms with Gasteiger partial charge in [-0.2, -0.15) is 0 Å². The fraction of sp³-hybridized carbons (Fsp3) is 0.211. The maximum absolute atomic E-state index is 12.6. The zero-order valence-electron chi connectivity index (χ0n) is 13.7. The van der Waals surface area contributed by atoms with E-state index in [0.29, 0.717) is 23.8 Å². The average molecular weight is 321 g/mol. The van der Waals surface area contributed by atoms with Crippen molar-refractivity contribution in [1.82, 2.24) is 15.5 Å². The average Bonchev–Trinajstić information content (AvgIpc) is 3.02. The van der Waals surface area contributed by atoms with E-state index in [2.05, 4.69) is 15.5 Å². The van der Waals surface area contributed by atoms with Gasteiger partial charge in [0.05, 0.1) is 0 Å². The molecule has 5 nitrogen and oxygen atoms in total. The quantitative estimate of drug-likeness (QED) is 0.782. The van der Waals surface area contributed by atoms with Crippen molar-refractivity contribution < 1.29 is 9.21 Å². The van der Waals surface area contributed by atoms with Crippen LogP contribution in [-0.4, -0.2) is 16.1 Å². The second kappa shape index (κ2) is 7.08. The van der Waals surface area contributed by atoms with Gasteiger partial charge in [0.25, 0.3) is 5.91 Å². The van der Waals surface area contributed by atoms with Gasteiger partial charge in [-0.25, -0.2) is 0 Å². The highest BCUT2D eigenvalue weighted by molar-refractivity contribution is 5.95. The number of aryl methyl sites for hydroxylation is 2. The summed E-state index contributed by atoms with van der Waals surface area (Å²) in [6.45, 7) is 3.65. The van der Waals surface area contributed by atoms with E-state index >= 15 is 0 Å². The Labute approximate surface area is 140 Å². The molecule has 0 spiro atoms. The molecule has 1 aromatic heterocycles. The molecule has 0 saturated carbocycles. The van der Waals surface area contributed by atoms with Crippen LogP contribution < -0.4 is 5.32 Å². The molecule has 0 aliphatic carbocycles. The van der Waals surface area contributed by atoms with Gasteiger partial charge in [-0.3, -0.25) is 4.79 Å². The van der Waals surface area contributed by atoms with Crippen molar-refractivity contribution in [2.45, 2.75) is 26.3 Å². The Kier molecular flexibility index (Phi) is 4.70. The maximum atomic E-state index is 12.6. The smallest absolute Gasteiger partial charge is 0.252 e. The van der Waals surface area contributed by atoms with Crippen LogP contribution in [-0.2, 0) is 6.42 Å². The van der Waals surface area contributed by atoms with Crippen LogP contribution in [0.25, 0.3) is 0 Å². The molecule has 1 atom stereocenters. The first-order valence-electron chi connectivity index (χ1n) is 7.84. The van der Waals surface area contributed by atoms with Crippen molar-refractivity contribution in [3.8, 4) is 0 Å². The maximum Gasteiger partial charge on any atom is 0.252 e. The molecule has 3 rings (SSSR count).